The Morgan fingerprint density at radius 3 is 2.30 bits per heavy atom. The van der Waals surface area contributed by atoms with Crippen molar-refractivity contribution in [3.05, 3.63) is 54.6 Å². The van der Waals surface area contributed by atoms with Gasteiger partial charge in [0.2, 0.25) is 15.2 Å². The van der Waals surface area contributed by atoms with Gasteiger partial charge in [0.15, 0.2) is 0 Å². The van der Waals surface area contributed by atoms with Gasteiger partial charge < -0.3 is 5.32 Å². The second-order valence-electron chi connectivity index (χ2n) is 6.39. The lowest BCUT2D eigenvalue weighted by Gasteiger charge is -2.25. The molecule has 140 valence electrons. The van der Waals surface area contributed by atoms with Crippen molar-refractivity contribution in [2.24, 2.45) is 0 Å². The molecular formula is C19H20N4O2S2. The molecule has 4 rings (SSSR count). The van der Waals surface area contributed by atoms with E-state index in [4.69, 9.17) is 0 Å². The highest BCUT2D eigenvalue weighted by Crippen LogP contribution is 2.29. The highest BCUT2D eigenvalue weighted by Gasteiger charge is 2.25. The summed E-state index contributed by atoms with van der Waals surface area (Å²) in [6.45, 7) is 1.21. The second-order valence-corrected chi connectivity index (χ2v) is 9.31. The molecule has 0 unspecified atom stereocenters. The molecule has 0 amide bonds. The Morgan fingerprint density at radius 1 is 0.889 bits per heavy atom. The molecule has 3 aromatic rings. The van der Waals surface area contributed by atoms with Crippen LogP contribution in [0.2, 0.25) is 0 Å². The fourth-order valence-electron chi connectivity index (χ4n) is 3.06. The lowest BCUT2D eigenvalue weighted by atomic mass is 10.2. The average Bonchev–Trinajstić information content (AvgIpc) is 3.18. The molecule has 1 aliphatic rings. The molecule has 0 aliphatic carbocycles. The van der Waals surface area contributed by atoms with Crippen molar-refractivity contribution in [2.75, 3.05) is 18.4 Å². The van der Waals surface area contributed by atoms with Crippen LogP contribution in [-0.4, -0.2) is 36.0 Å². The first kappa shape index (κ1) is 18.1. The fourth-order valence-corrected chi connectivity index (χ4v) is 5.35. The zero-order valence-corrected chi connectivity index (χ0v) is 16.3. The summed E-state index contributed by atoms with van der Waals surface area (Å²) >= 11 is 1.45. The van der Waals surface area contributed by atoms with E-state index in [0.717, 1.165) is 35.5 Å². The normalized spacial score (nSPS) is 15.6. The Morgan fingerprint density at radius 2 is 1.59 bits per heavy atom. The van der Waals surface area contributed by atoms with Crippen molar-refractivity contribution in [3.8, 4) is 10.6 Å². The topological polar surface area (TPSA) is 75.2 Å². The highest BCUT2D eigenvalue weighted by atomic mass is 32.2. The van der Waals surface area contributed by atoms with Crippen molar-refractivity contribution >= 4 is 32.2 Å². The van der Waals surface area contributed by atoms with Gasteiger partial charge in [0, 0.05) is 24.3 Å². The van der Waals surface area contributed by atoms with Crippen LogP contribution in [0, 0.1) is 0 Å². The molecule has 0 saturated carbocycles. The molecular weight excluding hydrogens is 380 g/mol. The van der Waals surface area contributed by atoms with E-state index in [0.29, 0.717) is 23.1 Å². The lowest BCUT2D eigenvalue weighted by Crippen LogP contribution is -2.35. The zero-order chi connectivity index (χ0) is 18.7. The number of anilines is 2. The van der Waals surface area contributed by atoms with E-state index in [1.165, 1.54) is 11.3 Å². The van der Waals surface area contributed by atoms with Crippen LogP contribution in [-0.2, 0) is 10.0 Å². The lowest BCUT2D eigenvalue weighted by molar-refractivity contribution is 0.346. The summed E-state index contributed by atoms with van der Waals surface area (Å²) in [6.07, 6.45) is 2.96. The molecule has 2 aromatic carbocycles. The summed E-state index contributed by atoms with van der Waals surface area (Å²) in [7, 11) is -3.40. The van der Waals surface area contributed by atoms with E-state index in [-0.39, 0.29) is 0 Å². The molecule has 0 bridgehead atoms. The van der Waals surface area contributed by atoms with E-state index in [9.17, 15) is 8.42 Å². The van der Waals surface area contributed by atoms with Crippen LogP contribution in [0.5, 0.6) is 0 Å². The maximum absolute atomic E-state index is 12.7. The third-order valence-electron chi connectivity index (χ3n) is 4.50. The van der Waals surface area contributed by atoms with E-state index in [1.807, 2.05) is 30.3 Å². The summed E-state index contributed by atoms with van der Waals surface area (Å²) in [4.78, 5) is 0.331. The Bertz CT molecular complexity index is 996. The maximum atomic E-state index is 12.7. The molecule has 1 aliphatic heterocycles. The van der Waals surface area contributed by atoms with Gasteiger partial charge in [-0.25, -0.2) is 8.42 Å². The predicted octanol–water partition coefficient (Wildman–Crippen LogP) is 4.12. The van der Waals surface area contributed by atoms with Gasteiger partial charge >= 0.3 is 0 Å². The van der Waals surface area contributed by atoms with E-state index >= 15 is 0 Å². The van der Waals surface area contributed by atoms with Crippen LogP contribution in [0.4, 0.5) is 10.8 Å². The van der Waals surface area contributed by atoms with Crippen LogP contribution in [0.15, 0.2) is 59.5 Å². The van der Waals surface area contributed by atoms with Gasteiger partial charge in [0.1, 0.15) is 5.01 Å². The first-order chi connectivity index (χ1) is 13.1. The Labute approximate surface area is 162 Å². The van der Waals surface area contributed by atoms with Gasteiger partial charge in [-0.1, -0.05) is 48.1 Å². The molecule has 0 radical (unpaired) electrons. The SMILES string of the molecule is O=S(=O)(c1ccc(Nc2nnc(-c3ccccc3)s2)cc1)N1CCCCC1. The highest BCUT2D eigenvalue weighted by molar-refractivity contribution is 7.89. The molecule has 1 aromatic heterocycles. The van der Waals surface area contributed by atoms with Crippen molar-refractivity contribution in [2.45, 2.75) is 24.2 Å². The zero-order valence-electron chi connectivity index (χ0n) is 14.7. The molecule has 8 heteroatoms. The van der Waals surface area contributed by atoms with Gasteiger partial charge in [0.25, 0.3) is 0 Å². The van der Waals surface area contributed by atoms with E-state index in [1.54, 1.807) is 28.6 Å². The minimum absolute atomic E-state index is 0.331. The van der Waals surface area contributed by atoms with Gasteiger partial charge in [-0.2, -0.15) is 4.31 Å². The largest absolute Gasteiger partial charge is 0.330 e. The summed E-state index contributed by atoms with van der Waals surface area (Å²) < 4.78 is 27.0. The van der Waals surface area contributed by atoms with Gasteiger partial charge in [-0.3, -0.25) is 0 Å². The standard InChI is InChI=1S/C19H20N4O2S2/c24-27(25,23-13-5-2-6-14-23)17-11-9-16(10-12-17)20-19-22-21-18(26-19)15-7-3-1-4-8-15/h1,3-4,7-12H,2,5-6,13-14H2,(H,20,22). The summed E-state index contributed by atoms with van der Waals surface area (Å²) in [5.74, 6) is 0. The van der Waals surface area contributed by atoms with Crippen LogP contribution in [0.3, 0.4) is 0 Å². The van der Waals surface area contributed by atoms with Crippen LogP contribution in [0.25, 0.3) is 10.6 Å². The second kappa shape index (κ2) is 7.75. The molecule has 1 fully saturated rings. The minimum Gasteiger partial charge on any atom is -0.330 e. The number of aromatic nitrogens is 2. The molecule has 0 spiro atoms. The number of hydrogen-bond donors (Lipinski definition) is 1. The first-order valence-corrected chi connectivity index (χ1v) is 11.1. The van der Waals surface area contributed by atoms with Gasteiger partial charge in [-0.05, 0) is 37.1 Å². The molecule has 1 saturated heterocycles. The molecule has 0 atom stereocenters. The quantitative estimate of drug-likeness (QED) is 0.697. The first-order valence-electron chi connectivity index (χ1n) is 8.89. The molecule has 27 heavy (non-hydrogen) atoms. The Hall–Kier alpha value is -2.29. The summed E-state index contributed by atoms with van der Waals surface area (Å²) in [5.41, 5.74) is 1.80. The number of hydrogen-bond acceptors (Lipinski definition) is 6. The predicted molar refractivity (Wildman–Crippen MR) is 108 cm³/mol. The summed E-state index contributed by atoms with van der Waals surface area (Å²) in [5, 5.41) is 13.1. The number of nitrogens with zero attached hydrogens (tertiary/aromatic N) is 3. The van der Waals surface area contributed by atoms with E-state index in [2.05, 4.69) is 15.5 Å². The number of benzene rings is 2. The van der Waals surface area contributed by atoms with Crippen molar-refractivity contribution < 1.29 is 8.42 Å². The van der Waals surface area contributed by atoms with Crippen molar-refractivity contribution in [1.29, 1.82) is 0 Å². The van der Waals surface area contributed by atoms with Gasteiger partial charge in [0.05, 0.1) is 4.90 Å². The molecule has 6 nitrogen and oxygen atoms in total. The van der Waals surface area contributed by atoms with Gasteiger partial charge in [-0.15, -0.1) is 10.2 Å². The summed E-state index contributed by atoms with van der Waals surface area (Å²) in [6, 6.07) is 16.7. The third-order valence-corrected chi connectivity index (χ3v) is 7.30. The Kier molecular flexibility index (Phi) is 5.20. The van der Waals surface area contributed by atoms with E-state index < -0.39 is 10.0 Å². The van der Waals surface area contributed by atoms with Crippen LogP contribution >= 0.6 is 11.3 Å². The minimum atomic E-state index is -3.40. The molecule has 1 N–H and O–H groups in total. The molecule has 2 heterocycles. The number of rotatable bonds is 5. The number of piperidine rings is 1. The smallest absolute Gasteiger partial charge is 0.243 e. The van der Waals surface area contributed by atoms with Crippen molar-refractivity contribution in [3.63, 3.8) is 0 Å². The maximum Gasteiger partial charge on any atom is 0.243 e. The van der Waals surface area contributed by atoms with Crippen molar-refractivity contribution in [1.82, 2.24) is 14.5 Å². The monoisotopic (exact) mass is 400 g/mol. The Balaban J connectivity index is 1.48. The van der Waals surface area contributed by atoms with Crippen LogP contribution in [0.1, 0.15) is 19.3 Å². The van der Waals surface area contributed by atoms with Crippen LogP contribution < -0.4 is 5.32 Å². The third kappa shape index (κ3) is 4.02. The fraction of sp³-hybridized carbons (Fsp3) is 0.263. The number of nitrogens with one attached hydrogen (secondary N) is 1. The average molecular weight is 401 g/mol. The number of sulfonamides is 1.